The van der Waals surface area contributed by atoms with Crippen molar-refractivity contribution in [3.05, 3.63) is 35.7 Å². The Balaban J connectivity index is 1.62. The zero-order chi connectivity index (χ0) is 16.9. The number of likely N-dealkylation sites (tertiary alicyclic amines) is 1. The maximum absolute atomic E-state index is 11.4. The number of methoxy groups -OCH3 is 2. The van der Waals surface area contributed by atoms with Crippen LogP contribution in [0.1, 0.15) is 22.7 Å². The third-order valence-electron chi connectivity index (χ3n) is 4.16. The van der Waals surface area contributed by atoms with Crippen LogP contribution < -0.4 is 0 Å². The first-order valence-corrected chi connectivity index (χ1v) is 7.92. The molecule has 7 nitrogen and oxygen atoms in total. The van der Waals surface area contributed by atoms with Crippen molar-refractivity contribution in [3.8, 4) is 11.4 Å². The zero-order valence-corrected chi connectivity index (χ0v) is 13.9. The average molecular weight is 331 g/mol. The van der Waals surface area contributed by atoms with Crippen molar-refractivity contribution >= 4 is 5.97 Å². The van der Waals surface area contributed by atoms with Gasteiger partial charge in [-0.1, -0.05) is 17.3 Å². The second-order valence-corrected chi connectivity index (χ2v) is 5.93. The van der Waals surface area contributed by atoms with E-state index in [2.05, 4.69) is 19.8 Å². The van der Waals surface area contributed by atoms with Crippen molar-refractivity contribution in [2.75, 3.05) is 33.9 Å². The lowest BCUT2D eigenvalue weighted by Crippen LogP contribution is -2.21. The molecule has 1 fully saturated rings. The van der Waals surface area contributed by atoms with E-state index in [9.17, 15) is 4.79 Å². The highest BCUT2D eigenvalue weighted by atomic mass is 16.5. The standard InChI is InChI=1S/C17H21N3O4/c1-22-11-12-7-8-20(9-12)10-15-18-16(19-24-15)13-3-5-14(6-4-13)17(21)23-2/h3-6,12H,7-11H2,1-2H3. The summed E-state index contributed by atoms with van der Waals surface area (Å²) in [5, 5.41) is 4.02. The smallest absolute Gasteiger partial charge is 0.337 e. The molecule has 1 aliphatic heterocycles. The molecule has 1 saturated heterocycles. The van der Waals surface area contributed by atoms with E-state index in [-0.39, 0.29) is 5.97 Å². The highest BCUT2D eigenvalue weighted by Gasteiger charge is 2.24. The lowest BCUT2D eigenvalue weighted by molar-refractivity contribution is 0.0601. The van der Waals surface area contributed by atoms with Gasteiger partial charge in [-0.15, -0.1) is 0 Å². The molecule has 7 heteroatoms. The second-order valence-electron chi connectivity index (χ2n) is 5.93. The summed E-state index contributed by atoms with van der Waals surface area (Å²) < 4.78 is 15.2. The van der Waals surface area contributed by atoms with Crippen LogP contribution in [-0.4, -0.2) is 54.9 Å². The van der Waals surface area contributed by atoms with E-state index in [0.29, 0.717) is 29.7 Å². The molecule has 3 rings (SSSR count). The van der Waals surface area contributed by atoms with Gasteiger partial charge in [0.05, 0.1) is 25.8 Å². The lowest BCUT2D eigenvalue weighted by atomic mass is 10.1. The summed E-state index contributed by atoms with van der Waals surface area (Å²) in [6.07, 6.45) is 1.13. The fraction of sp³-hybridized carbons (Fsp3) is 0.471. The van der Waals surface area contributed by atoms with E-state index in [1.807, 2.05) is 0 Å². The fourth-order valence-corrected chi connectivity index (χ4v) is 2.93. The second kappa shape index (κ2) is 7.55. The zero-order valence-electron chi connectivity index (χ0n) is 13.9. The quantitative estimate of drug-likeness (QED) is 0.749. The van der Waals surface area contributed by atoms with Gasteiger partial charge < -0.3 is 14.0 Å². The van der Waals surface area contributed by atoms with Gasteiger partial charge in [-0.2, -0.15) is 4.98 Å². The van der Waals surface area contributed by atoms with Crippen molar-refractivity contribution in [1.29, 1.82) is 0 Å². The molecule has 0 N–H and O–H groups in total. The van der Waals surface area contributed by atoms with Gasteiger partial charge in [0.25, 0.3) is 0 Å². The van der Waals surface area contributed by atoms with E-state index in [1.165, 1.54) is 7.11 Å². The predicted molar refractivity (Wildman–Crippen MR) is 86.3 cm³/mol. The van der Waals surface area contributed by atoms with Crippen LogP contribution >= 0.6 is 0 Å². The highest BCUT2D eigenvalue weighted by molar-refractivity contribution is 5.89. The van der Waals surface area contributed by atoms with Gasteiger partial charge in [-0.3, -0.25) is 4.90 Å². The van der Waals surface area contributed by atoms with Crippen LogP contribution in [0.5, 0.6) is 0 Å². The van der Waals surface area contributed by atoms with E-state index < -0.39 is 0 Å². The van der Waals surface area contributed by atoms with E-state index in [4.69, 9.17) is 9.26 Å². The number of hydrogen-bond acceptors (Lipinski definition) is 7. The van der Waals surface area contributed by atoms with Gasteiger partial charge in [0, 0.05) is 19.2 Å². The predicted octanol–water partition coefficient (Wildman–Crippen LogP) is 1.99. The molecule has 0 aliphatic carbocycles. The van der Waals surface area contributed by atoms with Crippen LogP contribution in [0.4, 0.5) is 0 Å². The molecule has 1 aliphatic rings. The molecule has 0 spiro atoms. The van der Waals surface area contributed by atoms with Crippen LogP contribution in [0, 0.1) is 5.92 Å². The third kappa shape index (κ3) is 3.80. The molecule has 2 aromatic rings. The summed E-state index contributed by atoms with van der Waals surface area (Å²) in [6.45, 7) is 3.44. The Morgan fingerprint density at radius 1 is 1.33 bits per heavy atom. The average Bonchev–Trinajstić information content (AvgIpc) is 3.25. The summed E-state index contributed by atoms with van der Waals surface area (Å²) in [5.74, 6) is 1.33. The largest absolute Gasteiger partial charge is 0.465 e. The molecule has 0 saturated carbocycles. The number of nitrogens with zero attached hydrogens (tertiary/aromatic N) is 3. The summed E-state index contributed by atoms with van der Waals surface area (Å²) in [5.41, 5.74) is 1.29. The first kappa shape index (κ1) is 16.6. The molecule has 1 aromatic carbocycles. The molecule has 0 radical (unpaired) electrons. The SMILES string of the molecule is COCC1CCN(Cc2nc(-c3ccc(C(=O)OC)cc3)no2)C1. The molecule has 1 atom stereocenters. The Bertz CT molecular complexity index is 683. The van der Waals surface area contributed by atoms with Gasteiger partial charge >= 0.3 is 5.97 Å². The molecule has 24 heavy (non-hydrogen) atoms. The Morgan fingerprint density at radius 3 is 2.83 bits per heavy atom. The Labute approximate surface area is 140 Å². The highest BCUT2D eigenvalue weighted by Crippen LogP contribution is 2.21. The Hall–Kier alpha value is -2.25. The van der Waals surface area contributed by atoms with Gasteiger partial charge in [0.15, 0.2) is 0 Å². The van der Waals surface area contributed by atoms with Crippen LogP contribution in [0.25, 0.3) is 11.4 Å². The molecule has 0 bridgehead atoms. The van der Waals surface area contributed by atoms with Gasteiger partial charge in [0.2, 0.25) is 11.7 Å². The normalized spacial score (nSPS) is 18.0. The summed E-state index contributed by atoms with van der Waals surface area (Å²) in [7, 11) is 3.09. The molecule has 1 aromatic heterocycles. The number of hydrogen-bond donors (Lipinski definition) is 0. The third-order valence-corrected chi connectivity index (χ3v) is 4.16. The fourth-order valence-electron chi connectivity index (χ4n) is 2.93. The Kier molecular flexibility index (Phi) is 5.22. The van der Waals surface area contributed by atoms with Crippen molar-refractivity contribution < 1.29 is 18.8 Å². The van der Waals surface area contributed by atoms with E-state index >= 15 is 0 Å². The topological polar surface area (TPSA) is 77.7 Å². The molecule has 128 valence electrons. The van der Waals surface area contributed by atoms with Crippen LogP contribution in [0.3, 0.4) is 0 Å². The Morgan fingerprint density at radius 2 is 2.12 bits per heavy atom. The first-order chi connectivity index (χ1) is 11.7. The summed E-state index contributed by atoms with van der Waals surface area (Å²) >= 11 is 0. The van der Waals surface area contributed by atoms with Crippen molar-refractivity contribution in [3.63, 3.8) is 0 Å². The number of esters is 1. The van der Waals surface area contributed by atoms with Crippen LogP contribution in [-0.2, 0) is 16.0 Å². The number of aromatic nitrogens is 2. The van der Waals surface area contributed by atoms with Crippen molar-refractivity contribution in [2.24, 2.45) is 5.92 Å². The van der Waals surface area contributed by atoms with Gasteiger partial charge in [-0.25, -0.2) is 4.79 Å². The molecular formula is C17H21N3O4. The van der Waals surface area contributed by atoms with E-state index in [0.717, 1.165) is 31.7 Å². The van der Waals surface area contributed by atoms with Crippen molar-refractivity contribution in [1.82, 2.24) is 15.0 Å². The molecule has 1 unspecified atom stereocenters. The molecule has 2 heterocycles. The van der Waals surface area contributed by atoms with Crippen molar-refractivity contribution in [2.45, 2.75) is 13.0 Å². The number of rotatable bonds is 6. The molecular weight excluding hydrogens is 310 g/mol. The number of carbonyl (C=O) groups is 1. The van der Waals surface area contributed by atoms with Gasteiger partial charge in [0.1, 0.15) is 0 Å². The minimum Gasteiger partial charge on any atom is -0.465 e. The summed E-state index contributed by atoms with van der Waals surface area (Å²) in [6, 6.07) is 6.94. The van der Waals surface area contributed by atoms with Gasteiger partial charge in [-0.05, 0) is 31.0 Å². The number of ether oxygens (including phenoxy) is 2. The first-order valence-electron chi connectivity index (χ1n) is 7.92. The number of carbonyl (C=O) groups excluding carboxylic acids is 1. The summed E-state index contributed by atoms with van der Waals surface area (Å²) in [4.78, 5) is 18.2. The maximum Gasteiger partial charge on any atom is 0.337 e. The lowest BCUT2D eigenvalue weighted by Gasteiger charge is -2.12. The minimum atomic E-state index is -0.366. The minimum absolute atomic E-state index is 0.366. The van der Waals surface area contributed by atoms with E-state index in [1.54, 1.807) is 31.4 Å². The molecule has 0 amide bonds. The van der Waals surface area contributed by atoms with Crippen LogP contribution in [0.2, 0.25) is 0 Å². The van der Waals surface area contributed by atoms with Crippen LogP contribution in [0.15, 0.2) is 28.8 Å². The maximum atomic E-state index is 11.4. The number of benzene rings is 1. The monoisotopic (exact) mass is 331 g/mol.